The Kier molecular flexibility index (Phi) is 4.12. The predicted octanol–water partition coefficient (Wildman–Crippen LogP) is 1.97. The molecule has 0 aromatic heterocycles. The molecule has 0 saturated heterocycles. The van der Waals surface area contributed by atoms with Gasteiger partial charge in [0.1, 0.15) is 0 Å². The molecule has 0 radical (unpaired) electrons. The van der Waals surface area contributed by atoms with Crippen LogP contribution in [0.25, 0.3) is 0 Å². The molecule has 1 aliphatic heterocycles. The van der Waals surface area contributed by atoms with Crippen molar-refractivity contribution in [3.63, 3.8) is 0 Å². The van der Waals surface area contributed by atoms with E-state index >= 15 is 0 Å². The Hall–Kier alpha value is -2.24. The summed E-state index contributed by atoms with van der Waals surface area (Å²) in [6, 6.07) is 5.07. The van der Waals surface area contributed by atoms with Crippen LogP contribution in [-0.4, -0.2) is 25.2 Å². The van der Waals surface area contributed by atoms with Crippen molar-refractivity contribution in [3.05, 3.63) is 23.8 Å². The quantitative estimate of drug-likeness (QED) is 0.788. The van der Waals surface area contributed by atoms with Crippen LogP contribution in [0.3, 0.4) is 0 Å². The standard InChI is InChI=1S/C14H16O6/c1-4-10-13(16)20-14(18-8(2)15)9-6-5-7-11(17-3)12(9)19-10/h5-7,10,14H,4H2,1-3H3. The van der Waals surface area contributed by atoms with Crippen molar-refractivity contribution in [2.75, 3.05) is 7.11 Å². The second kappa shape index (κ2) is 5.81. The summed E-state index contributed by atoms with van der Waals surface area (Å²) in [5.41, 5.74) is 0.448. The van der Waals surface area contributed by atoms with E-state index in [2.05, 4.69) is 0 Å². The summed E-state index contributed by atoms with van der Waals surface area (Å²) in [7, 11) is 1.49. The van der Waals surface area contributed by atoms with E-state index < -0.39 is 24.3 Å². The van der Waals surface area contributed by atoms with Gasteiger partial charge in [-0.1, -0.05) is 13.0 Å². The van der Waals surface area contributed by atoms with Gasteiger partial charge in [-0.3, -0.25) is 4.79 Å². The second-order valence-electron chi connectivity index (χ2n) is 4.27. The Balaban J connectivity index is 2.48. The number of carbonyl (C=O) groups excluding carboxylic acids is 2. The molecule has 0 saturated carbocycles. The number of rotatable bonds is 3. The number of benzene rings is 1. The van der Waals surface area contributed by atoms with E-state index in [9.17, 15) is 9.59 Å². The van der Waals surface area contributed by atoms with Crippen molar-refractivity contribution < 1.29 is 28.5 Å². The molecule has 0 amide bonds. The third kappa shape index (κ3) is 2.68. The normalized spacial score (nSPS) is 21.1. The molecule has 1 heterocycles. The van der Waals surface area contributed by atoms with Crippen molar-refractivity contribution in [1.82, 2.24) is 0 Å². The van der Waals surface area contributed by atoms with Crippen molar-refractivity contribution in [3.8, 4) is 11.5 Å². The smallest absolute Gasteiger partial charge is 0.350 e. The number of esters is 2. The first-order valence-corrected chi connectivity index (χ1v) is 6.28. The number of hydrogen-bond acceptors (Lipinski definition) is 6. The zero-order valence-corrected chi connectivity index (χ0v) is 11.5. The molecular formula is C14H16O6. The van der Waals surface area contributed by atoms with Crippen LogP contribution in [0.5, 0.6) is 11.5 Å². The molecule has 0 aliphatic carbocycles. The van der Waals surface area contributed by atoms with Gasteiger partial charge in [-0.25, -0.2) is 4.79 Å². The molecular weight excluding hydrogens is 264 g/mol. The van der Waals surface area contributed by atoms with Crippen molar-refractivity contribution in [2.24, 2.45) is 0 Å². The van der Waals surface area contributed by atoms with Gasteiger partial charge in [0.2, 0.25) is 0 Å². The molecule has 0 N–H and O–H groups in total. The van der Waals surface area contributed by atoms with Crippen LogP contribution in [0.15, 0.2) is 18.2 Å². The van der Waals surface area contributed by atoms with E-state index in [1.807, 2.05) is 0 Å². The highest BCUT2D eigenvalue weighted by molar-refractivity contribution is 5.77. The van der Waals surface area contributed by atoms with Gasteiger partial charge in [-0.05, 0) is 18.6 Å². The van der Waals surface area contributed by atoms with Gasteiger partial charge < -0.3 is 18.9 Å². The van der Waals surface area contributed by atoms with Crippen molar-refractivity contribution in [2.45, 2.75) is 32.7 Å². The molecule has 0 spiro atoms. The monoisotopic (exact) mass is 280 g/mol. The van der Waals surface area contributed by atoms with Crippen molar-refractivity contribution in [1.29, 1.82) is 0 Å². The Morgan fingerprint density at radius 3 is 2.70 bits per heavy atom. The van der Waals surface area contributed by atoms with Gasteiger partial charge in [-0.15, -0.1) is 0 Å². The summed E-state index contributed by atoms with van der Waals surface area (Å²) in [4.78, 5) is 23.1. The lowest BCUT2D eigenvalue weighted by Crippen LogP contribution is -2.27. The molecule has 2 atom stereocenters. The fourth-order valence-electron chi connectivity index (χ4n) is 1.93. The Morgan fingerprint density at radius 1 is 1.35 bits per heavy atom. The molecule has 1 aliphatic rings. The average molecular weight is 280 g/mol. The number of hydrogen-bond donors (Lipinski definition) is 0. The van der Waals surface area contributed by atoms with Crippen molar-refractivity contribution >= 4 is 11.9 Å². The Labute approximate surface area is 116 Å². The van der Waals surface area contributed by atoms with Gasteiger partial charge in [0.05, 0.1) is 12.7 Å². The minimum absolute atomic E-state index is 0.360. The van der Waals surface area contributed by atoms with Crippen LogP contribution >= 0.6 is 0 Å². The SMILES string of the molecule is CCC1Oc2c(OC)cccc2C(OC(C)=O)OC1=O. The third-order valence-corrected chi connectivity index (χ3v) is 2.87. The zero-order valence-electron chi connectivity index (χ0n) is 11.5. The number of methoxy groups -OCH3 is 1. The van der Waals surface area contributed by atoms with E-state index in [0.29, 0.717) is 23.5 Å². The third-order valence-electron chi connectivity index (χ3n) is 2.87. The van der Waals surface area contributed by atoms with Crippen LogP contribution in [-0.2, 0) is 19.1 Å². The fourth-order valence-corrected chi connectivity index (χ4v) is 1.93. The van der Waals surface area contributed by atoms with E-state index in [1.165, 1.54) is 14.0 Å². The summed E-state index contributed by atoms with van der Waals surface area (Å²) < 4.78 is 21.1. The molecule has 6 heteroatoms. The molecule has 20 heavy (non-hydrogen) atoms. The Bertz CT molecular complexity index is 524. The van der Waals surface area contributed by atoms with E-state index in [-0.39, 0.29) is 0 Å². The highest BCUT2D eigenvalue weighted by atomic mass is 16.7. The molecule has 2 rings (SSSR count). The maximum Gasteiger partial charge on any atom is 0.350 e. The average Bonchev–Trinajstić information content (AvgIpc) is 2.55. The molecule has 1 aromatic rings. The van der Waals surface area contributed by atoms with Gasteiger partial charge in [0.25, 0.3) is 6.29 Å². The Morgan fingerprint density at radius 2 is 2.10 bits per heavy atom. The lowest BCUT2D eigenvalue weighted by molar-refractivity contribution is -0.190. The summed E-state index contributed by atoms with van der Waals surface area (Å²) in [5.74, 6) is -0.307. The van der Waals surface area contributed by atoms with Crippen LogP contribution in [0.2, 0.25) is 0 Å². The first-order valence-electron chi connectivity index (χ1n) is 6.28. The number of carbonyl (C=O) groups is 2. The van der Waals surface area contributed by atoms with E-state index in [1.54, 1.807) is 25.1 Å². The lowest BCUT2D eigenvalue weighted by Gasteiger charge is -2.16. The van der Waals surface area contributed by atoms with Gasteiger partial charge in [-0.2, -0.15) is 0 Å². The first kappa shape index (κ1) is 14.2. The predicted molar refractivity (Wildman–Crippen MR) is 68.3 cm³/mol. The minimum Gasteiger partial charge on any atom is -0.493 e. The van der Waals surface area contributed by atoms with Crippen LogP contribution in [0, 0.1) is 0 Å². The second-order valence-corrected chi connectivity index (χ2v) is 4.27. The lowest BCUT2D eigenvalue weighted by atomic mass is 10.1. The van der Waals surface area contributed by atoms with E-state index in [4.69, 9.17) is 18.9 Å². The molecule has 0 fully saturated rings. The number of para-hydroxylation sites is 1. The van der Waals surface area contributed by atoms with Gasteiger partial charge in [0.15, 0.2) is 17.6 Å². The van der Waals surface area contributed by atoms with Crippen LogP contribution in [0.4, 0.5) is 0 Å². The summed E-state index contributed by atoms with van der Waals surface area (Å²) in [5, 5.41) is 0. The molecule has 2 unspecified atom stereocenters. The number of cyclic esters (lactones) is 1. The van der Waals surface area contributed by atoms with Crippen LogP contribution in [0.1, 0.15) is 32.1 Å². The molecule has 0 bridgehead atoms. The summed E-state index contributed by atoms with van der Waals surface area (Å²) in [6.07, 6.45) is -1.45. The highest BCUT2D eigenvalue weighted by Gasteiger charge is 2.35. The van der Waals surface area contributed by atoms with Gasteiger partial charge >= 0.3 is 11.9 Å². The highest BCUT2D eigenvalue weighted by Crippen LogP contribution is 2.40. The maximum absolute atomic E-state index is 11.9. The fraction of sp³-hybridized carbons (Fsp3) is 0.429. The molecule has 6 nitrogen and oxygen atoms in total. The largest absolute Gasteiger partial charge is 0.493 e. The van der Waals surface area contributed by atoms with Gasteiger partial charge in [0, 0.05) is 6.92 Å². The maximum atomic E-state index is 11.9. The topological polar surface area (TPSA) is 71.1 Å². The van der Waals surface area contributed by atoms with Crippen LogP contribution < -0.4 is 9.47 Å². The molecule has 1 aromatic carbocycles. The first-order chi connectivity index (χ1) is 9.56. The zero-order chi connectivity index (χ0) is 14.7. The molecule has 108 valence electrons. The summed E-state index contributed by atoms with van der Waals surface area (Å²) in [6.45, 7) is 3.05. The number of ether oxygens (including phenoxy) is 4. The minimum atomic E-state index is -1.12. The number of fused-ring (bicyclic) bond motifs is 1. The van der Waals surface area contributed by atoms with E-state index in [0.717, 1.165) is 0 Å². The summed E-state index contributed by atoms with van der Waals surface area (Å²) >= 11 is 0.